The summed E-state index contributed by atoms with van der Waals surface area (Å²) in [5.41, 5.74) is 4.71. The van der Waals surface area contributed by atoms with Crippen LogP contribution in [0.5, 0.6) is 0 Å². The zero-order valence-corrected chi connectivity index (χ0v) is 18.7. The van der Waals surface area contributed by atoms with Crippen molar-refractivity contribution < 1.29 is 0 Å². The number of hydrogen-bond acceptors (Lipinski definition) is 3. The first kappa shape index (κ1) is 20.8. The largest absolute Gasteiger partial charge is 0.346 e. The predicted molar refractivity (Wildman–Crippen MR) is 127 cm³/mol. The summed E-state index contributed by atoms with van der Waals surface area (Å²) >= 11 is 11.7. The molecule has 0 aliphatic carbocycles. The Balaban J connectivity index is 1.26. The fourth-order valence-electron chi connectivity index (χ4n) is 3.72. The van der Waals surface area contributed by atoms with Gasteiger partial charge in [0.15, 0.2) is 5.11 Å². The van der Waals surface area contributed by atoms with Gasteiger partial charge in [-0.3, -0.25) is 9.58 Å². The summed E-state index contributed by atoms with van der Waals surface area (Å²) in [6.07, 6.45) is 3.78. The molecule has 2 heterocycles. The van der Waals surface area contributed by atoms with Crippen LogP contribution in [0.1, 0.15) is 16.7 Å². The lowest BCUT2D eigenvalue weighted by molar-refractivity contribution is 0.177. The van der Waals surface area contributed by atoms with E-state index in [0.29, 0.717) is 6.54 Å². The van der Waals surface area contributed by atoms with E-state index in [1.165, 1.54) is 11.1 Å². The number of halogens is 1. The summed E-state index contributed by atoms with van der Waals surface area (Å²) in [5.74, 6) is 0. The van der Waals surface area contributed by atoms with E-state index >= 15 is 0 Å². The molecule has 156 valence electrons. The normalized spacial score (nSPS) is 14.7. The van der Waals surface area contributed by atoms with E-state index in [2.05, 4.69) is 51.4 Å². The molecule has 1 saturated heterocycles. The van der Waals surface area contributed by atoms with E-state index < -0.39 is 0 Å². The van der Waals surface area contributed by atoms with Gasteiger partial charge >= 0.3 is 0 Å². The Hall–Kier alpha value is -2.41. The number of nitrogens with zero attached hydrogens (tertiary/aromatic N) is 4. The van der Waals surface area contributed by atoms with Crippen molar-refractivity contribution in [3.05, 3.63) is 82.6 Å². The molecule has 1 aliphatic rings. The number of thiocarbonyl (C=S) groups is 1. The van der Waals surface area contributed by atoms with Gasteiger partial charge in [-0.2, -0.15) is 5.10 Å². The lowest BCUT2D eigenvalue weighted by atomic mass is 10.1. The Morgan fingerprint density at radius 3 is 2.50 bits per heavy atom. The van der Waals surface area contributed by atoms with Gasteiger partial charge in [-0.05, 0) is 42.4 Å². The molecule has 5 nitrogen and oxygen atoms in total. The summed E-state index contributed by atoms with van der Waals surface area (Å²) in [6.45, 7) is 7.66. The van der Waals surface area contributed by atoms with Gasteiger partial charge in [0, 0.05) is 43.9 Å². The number of piperazine rings is 1. The average Bonchev–Trinajstić information content (AvgIpc) is 3.15. The van der Waals surface area contributed by atoms with E-state index in [0.717, 1.165) is 54.1 Å². The number of hydrogen-bond donors (Lipinski definition) is 1. The molecule has 0 saturated carbocycles. The molecular weight excluding hydrogens is 414 g/mol. The molecule has 0 radical (unpaired) electrons. The first-order chi connectivity index (χ1) is 14.5. The molecule has 0 bridgehead atoms. The second kappa shape index (κ2) is 9.60. The fraction of sp³-hybridized carbons (Fsp3) is 0.304. The molecule has 0 unspecified atom stereocenters. The molecule has 1 N–H and O–H groups in total. The molecule has 2 aromatic carbocycles. The summed E-state index contributed by atoms with van der Waals surface area (Å²) in [4.78, 5) is 4.72. The summed E-state index contributed by atoms with van der Waals surface area (Å²) in [5, 5.41) is 9.25. The highest BCUT2D eigenvalue weighted by atomic mass is 35.5. The molecule has 1 aliphatic heterocycles. The zero-order chi connectivity index (χ0) is 20.9. The average molecular weight is 440 g/mol. The van der Waals surface area contributed by atoms with E-state index in [-0.39, 0.29) is 0 Å². The van der Waals surface area contributed by atoms with E-state index in [1.54, 1.807) is 0 Å². The van der Waals surface area contributed by atoms with Crippen LogP contribution < -0.4 is 5.32 Å². The molecule has 1 aromatic heterocycles. The van der Waals surface area contributed by atoms with Crippen LogP contribution in [0.2, 0.25) is 5.02 Å². The van der Waals surface area contributed by atoms with Crippen molar-refractivity contribution in [3.8, 4) is 0 Å². The minimum atomic E-state index is 0.673. The van der Waals surface area contributed by atoms with Crippen molar-refractivity contribution in [1.29, 1.82) is 0 Å². The maximum Gasteiger partial charge on any atom is 0.173 e. The van der Waals surface area contributed by atoms with Crippen LogP contribution in [0.4, 0.5) is 5.69 Å². The Kier molecular flexibility index (Phi) is 6.67. The first-order valence-electron chi connectivity index (χ1n) is 10.2. The summed E-state index contributed by atoms with van der Waals surface area (Å²) in [7, 11) is 0. The topological polar surface area (TPSA) is 36.3 Å². The van der Waals surface area contributed by atoms with Gasteiger partial charge in [0.1, 0.15) is 0 Å². The monoisotopic (exact) mass is 439 g/mol. The van der Waals surface area contributed by atoms with Gasteiger partial charge < -0.3 is 10.2 Å². The highest BCUT2D eigenvalue weighted by molar-refractivity contribution is 7.80. The third kappa shape index (κ3) is 5.59. The van der Waals surface area contributed by atoms with Crippen molar-refractivity contribution >= 4 is 34.6 Å². The molecule has 1 fully saturated rings. The third-order valence-corrected chi connectivity index (χ3v) is 5.86. The van der Waals surface area contributed by atoms with Gasteiger partial charge in [0.2, 0.25) is 0 Å². The maximum atomic E-state index is 6.07. The number of rotatable bonds is 5. The van der Waals surface area contributed by atoms with E-state index in [9.17, 15) is 0 Å². The number of benzene rings is 2. The Bertz CT molecular complexity index is 1010. The molecule has 0 atom stereocenters. The molecule has 0 amide bonds. The molecular formula is C23H26ClN5S. The maximum absolute atomic E-state index is 6.07. The van der Waals surface area contributed by atoms with Crippen LogP contribution in [-0.4, -0.2) is 50.9 Å². The van der Waals surface area contributed by atoms with Crippen molar-refractivity contribution in [1.82, 2.24) is 19.6 Å². The second-order valence-electron chi connectivity index (χ2n) is 7.74. The van der Waals surface area contributed by atoms with Gasteiger partial charge in [0.25, 0.3) is 0 Å². The fourth-order valence-corrected chi connectivity index (χ4v) is 4.23. The van der Waals surface area contributed by atoms with Crippen molar-refractivity contribution in [3.63, 3.8) is 0 Å². The van der Waals surface area contributed by atoms with Crippen LogP contribution in [0, 0.1) is 6.92 Å². The standard InChI is InChI=1S/C23H26ClN5S/c1-18-4-2-5-19(12-18)15-27-8-10-28(11-9-27)23(30)26-22-14-25-29(17-22)16-20-6-3-7-21(24)13-20/h2-7,12-14,17H,8-11,15-16H2,1H3,(H,26,30). The van der Waals surface area contributed by atoms with Gasteiger partial charge in [-0.1, -0.05) is 53.6 Å². The van der Waals surface area contributed by atoms with Gasteiger partial charge in [0.05, 0.1) is 18.4 Å². The quantitative estimate of drug-likeness (QED) is 0.596. The summed E-state index contributed by atoms with van der Waals surface area (Å²) < 4.78 is 1.89. The van der Waals surface area contributed by atoms with Crippen molar-refractivity contribution in [2.45, 2.75) is 20.0 Å². The highest BCUT2D eigenvalue weighted by Crippen LogP contribution is 2.15. The van der Waals surface area contributed by atoms with Crippen LogP contribution in [0.25, 0.3) is 0 Å². The van der Waals surface area contributed by atoms with Crippen LogP contribution in [0.3, 0.4) is 0 Å². The zero-order valence-electron chi connectivity index (χ0n) is 17.1. The molecule has 3 aromatic rings. The lowest BCUT2D eigenvalue weighted by Crippen LogP contribution is -2.49. The molecule has 7 heteroatoms. The Morgan fingerprint density at radius 1 is 1.03 bits per heavy atom. The van der Waals surface area contributed by atoms with Crippen molar-refractivity contribution in [2.75, 3.05) is 31.5 Å². The SMILES string of the molecule is Cc1cccc(CN2CCN(C(=S)Nc3cnn(Cc4cccc(Cl)c4)c3)CC2)c1. The number of nitrogens with one attached hydrogen (secondary N) is 1. The third-order valence-electron chi connectivity index (χ3n) is 5.27. The molecule has 0 spiro atoms. The minimum Gasteiger partial charge on any atom is -0.346 e. The number of aromatic nitrogens is 2. The van der Waals surface area contributed by atoms with Crippen molar-refractivity contribution in [2.24, 2.45) is 0 Å². The van der Waals surface area contributed by atoms with E-state index in [4.69, 9.17) is 23.8 Å². The smallest absolute Gasteiger partial charge is 0.173 e. The molecule has 30 heavy (non-hydrogen) atoms. The van der Waals surface area contributed by atoms with Crippen LogP contribution >= 0.6 is 23.8 Å². The lowest BCUT2D eigenvalue weighted by Gasteiger charge is -2.36. The first-order valence-corrected chi connectivity index (χ1v) is 10.9. The van der Waals surface area contributed by atoms with Gasteiger partial charge in [-0.25, -0.2) is 0 Å². The number of aryl methyl sites for hydroxylation is 1. The van der Waals surface area contributed by atoms with Crippen LogP contribution in [-0.2, 0) is 13.1 Å². The van der Waals surface area contributed by atoms with Crippen LogP contribution in [0.15, 0.2) is 60.9 Å². The second-order valence-corrected chi connectivity index (χ2v) is 8.56. The minimum absolute atomic E-state index is 0.673. The Labute approximate surface area is 188 Å². The Morgan fingerprint density at radius 2 is 1.77 bits per heavy atom. The molecule has 4 rings (SSSR count). The van der Waals surface area contributed by atoms with E-state index in [1.807, 2.05) is 41.3 Å². The highest BCUT2D eigenvalue weighted by Gasteiger charge is 2.19. The predicted octanol–water partition coefficient (Wildman–Crippen LogP) is 4.41. The number of anilines is 1. The summed E-state index contributed by atoms with van der Waals surface area (Å²) in [6, 6.07) is 16.6. The van der Waals surface area contributed by atoms with Gasteiger partial charge in [-0.15, -0.1) is 0 Å².